The first-order valence-corrected chi connectivity index (χ1v) is 11.2. The van der Waals surface area contributed by atoms with Crippen molar-refractivity contribution >= 4 is 15.9 Å². The van der Waals surface area contributed by atoms with Crippen LogP contribution in [0.5, 0.6) is 0 Å². The van der Waals surface area contributed by atoms with Crippen LogP contribution in [-0.4, -0.2) is 30.7 Å². The molecule has 30 heavy (non-hydrogen) atoms. The lowest BCUT2D eigenvalue weighted by molar-refractivity contribution is -0.121. The second kappa shape index (κ2) is 9.69. The van der Waals surface area contributed by atoms with Gasteiger partial charge in [-0.3, -0.25) is 9.48 Å². The minimum Gasteiger partial charge on any atom is -0.352 e. The van der Waals surface area contributed by atoms with Crippen LogP contribution in [0, 0.1) is 13.8 Å². The molecule has 0 fully saturated rings. The van der Waals surface area contributed by atoms with Crippen molar-refractivity contribution in [3.8, 4) is 0 Å². The summed E-state index contributed by atoms with van der Waals surface area (Å²) in [5.74, 6) is -0.216. The Morgan fingerprint density at radius 2 is 1.80 bits per heavy atom. The first-order valence-electron chi connectivity index (χ1n) is 9.73. The topological polar surface area (TPSA) is 93.1 Å². The summed E-state index contributed by atoms with van der Waals surface area (Å²) in [6, 6.07) is 14.7. The van der Waals surface area contributed by atoms with E-state index in [9.17, 15) is 13.2 Å². The zero-order valence-corrected chi connectivity index (χ0v) is 17.9. The van der Waals surface area contributed by atoms with Crippen LogP contribution in [0.3, 0.4) is 0 Å². The van der Waals surface area contributed by atoms with E-state index in [1.54, 1.807) is 24.4 Å². The predicted molar refractivity (Wildman–Crippen MR) is 115 cm³/mol. The largest absolute Gasteiger partial charge is 0.352 e. The van der Waals surface area contributed by atoms with E-state index in [0.29, 0.717) is 13.1 Å². The van der Waals surface area contributed by atoms with Crippen molar-refractivity contribution in [2.75, 3.05) is 6.54 Å². The second-order valence-corrected chi connectivity index (χ2v) is 8.91. The molecule has 1 amide bonds. The van der Waals surface area contributed by atoms with Crippen molar-refractivity contribution in [1.29, 1.82) is 0 Å². The lowest BCUT2D eigenvalue weighted by atomic mass is 10.1. The molecule has 0 aliphatic rings. The average Bonchev–Trinajstić information content (AvgIpc) is 3.22. The maximum absolute atomic E-state index is 12.4. The molecule has 0 radical (unpaired) electrons. The fraction of sp³-hybridized carbons (Fsp3) is 0.273. The van der Waals surface area contributed by atoms with Gasteiger partial charge in [0.1, 0.15) is 0 Å². The van der Waals surface area contributed by atoms with Crippen LogP contribution in [0.15, 0.2) is 65.8 Å². The van der Waals surface area contributed by atoms with Crippen LogP contribution in [0.2, 0.25) is 0 Å². The molecule has 1 aromatic heterocycles. The van der Waals surface area contributed by atoms with Gasteiger partial charge in [0.25, 0.3) is 0 Å². The van der Waals surface area contributed by atoms with E-state index in [4.69, 9.17) is 0 Å². The summed E-state index contributed by atoms with van der Waals surface area (Å²) < 4.78 is 29.1. The monoisotopic (exact) mass is 426 g/mol. The number of nitrogens with one attached hydrogen (secondary N) is 2. The fourth-order valence-corrected chi connectivity index (χ4v) is 4.11. The van der Waals surface area contributed by atoms with Crippen molar-refractivity contribution in [1.82, 2.24) is 19.8 Å². The van der Waals surface area contributed by atoms with Crippen molar-refractivity contribution in [2.45, 2.75) is 38.3 Å². The lowest BCUT2D eigenvalue weighted by Crippen LogP contribution is -2.30. The van der Waals surface area contributed by atoms with Crippen LogP contribution >= 0.6 is 0 Å². The Hall–Kier alpha value is -2.97. The SMILES string of the molecule is Cc1ccc(S(=O)(=O)NCCC(=O)NCc2ccccc2Cn2cccn2)cc1C. The summed E-state index contributed by atoms with van der Waals surface area (Å²) in [4.78, 5) is 12.4. The number of carbonyl (C=O) groups excluding carboxylic acids is 1. The van der Waals surface area contributed by atoms with Crippen LogP contribution < -0.4 is 10.0 Å². The van der Waals surface area contributed by atoms with Crippen LogP contribution in [0.1, 0.15) is 28.7 Å². The minimum absolute atomic E-state index is 0.0377. The zero-order valence-electron chi connectivity index (χ0n) is 17.1. The summed E-state index contributed by atoms with van der Waals surface area (Å²) in [6.07, 6.45) is 3.67. The molecule has 2 aromatic carbocycles. The number of aryl methyl sites for hydroxylation is 2. The number of hydrogen-bond acceptors (Lipinski definition) is 4. The third kappa shape index (κ3) is 5.77. The molecule has 0 aliphatic heterocycles. The highest BCUT2D eigenvalue weighted by atomic mass is 32.2. The fourth-order valence-electron chi connectivity index (χ4n) is 3.00. The summed E-state index contributed by atoms with van der Waals surface area (Å²) in [6.45, 7) is 4.83. The lowest BCUT2D eigenvalue weighted by Gasteiger charge is -2.12. The zero-order chi connectivity index (χ0) is 21.6. The van der Waals surface area contributed by atoms with E-state index in [0.717, 1.165) is 22.3 Å². The Kier molecular flexibility index (Phi) is 7.02. The summed E-state index contributed by atoms with van der Waals surface area (Å²) in [5.41, 5.74) is 4.00. The Balaban J connectivity index is 1.50. The number of sulfonamides is 1. The van der Waals surface area contributed by atoms with Crippen molar-refractivity contribution in [3.63, 3.8) is 0 Å². The maximum Gasteiger partial charge on any atom is 0.240 e. The van der Waals surface area contributed by atoms with Gasteiger partial charge < -0.3 is 5.32 Å². The molecular formula is C22H26N4O3S. The van der Waals surface area contributed by atoms with Crippen molar-refractivity contribution < 1.29 is 13.2 Å². The van der Waals surface area contributed by atoms with Gasteiger partial charge in [0, 0.05) is 31.9 Å². The quantitative estimate of drug-likeness (QED) is 0.550. The molecule has 2 N–H and O–H groups in total. The van der Waals surface area contributed by atoms with E-state index in [2.05, 4.69) is 15.1 Å². The second-order valence-electron chi connectivity index (χ2n) is 7.14. The third-order valence-electron chi connectivity index (χ3n) is 4.92. The van der Waals surface area contributed by atoms with Crippen LogP contribution in [-0.2, 0) is 27.9 Å². The molecule has 3 aromatic rings. The van der Waals surface area contributed by atoms with Gasteiger partial charge in [0.15, 0.2) is 0 Å². The number of aromatic nitrogens is 2. The van der Waals surface area contributed by atoms with Gasteiger partial charge in [-0.05, 0) is 54.3 Å². The van der Waals surface area contributed by atoms with E-state index in [1.165, 1.54) is 0 Å². The van der Waals surface area contributed by atoms with Gasteiger partial charge in [-0.1, -0.05) is 30.3 Å². The molecule has 0 atom stereocenters. The molecule has 0 saturated heterocycles. The number of carbonyl (C=O) groups is 1. The standard InChI is InChI=1S/C22H26N4O3S/c1-17-8-9-21(14-18(17)2)30(28,29)25-12-10-22(27)23-15-19-6-3-4-7-20(19)16-26-13-5-11-24-26/h3-9,11,13-14,25H,10,12,15-16H2,1-2H3,(H,23,27). The molecule has 0 saturated carbocycles. The molecule has 158 valence electrons. The third-order valence-corrected chi connectivity index (χ3v) is 6.38. The number of benzene rings is 2. The molecule has 0 aliphatic carbocycles. The van der Waals surface area contributed by atoms with Gasteiger partial charge in [-0.25, -0.2) is 13.1 Å². The Morgan fingerprint density at radius 1 is 1.03 bits per heavy atom. The molecule has 0 bridgehead atoms. The highest BCUT2D eigenvalue weighted by Crippen LogP contribution is 2.14. The Bertz CT molecular complexity index is 1110. The predicted octanol–water partition coefficient (Wildman–Crippen LogP) is 2.53. The molecule has 0 spiro atoms. The minimum atomic E-state index is -3.64. The van der Waals surface area contributed by atoms with Crippen LogP contribution in [0.4, 0.5) is 0 Å². The first-order chi connectivity index (χ1) is 14.3. The molecule has 7 nitrogen and oxygen atoms in total. The normalized spacial score (nSPS) is 11.4. The molecular weight excluding hydrogens is 400 g/mol. The number of nitrogens with zero attached hydrogens (tertiary/aromatic N) is 2. The average molecular weight is 427 g/mol. The number of rotatable bonds is 9. The van der Waals surface area contributed by atoms with Gasteiger partial charge in [0.05, 0.1) is 11.4 Å². The van der Waals surface area contributed by atoms with Gasteiger partial charge in [-0.15, -0.1) is 0 Å². The van der Waals surface area contributed by atoms with Gasteiger partial charge in [-0.2, -0.15) is 5.10 Å². The molecule has 3 rings (SSSR count). The first kappa shape index (κ1) is 21.7. The van der Waals surface area contributed by atoms with Gasteiger partial charge in [0.2, 0.25) is 15.9 Å². The van der Waals surface area contributed by atoms with E-state index in [-0.39, 0.29) is 23.8 Å². The van der Waals surface area contributed by atoms with Gasteiger partial charge >= 0.3 is 0 Å². The summed E-state index contributed by atoms with van der Waals surface area (Å²) >= 11 is 0. The number of amides is 1. The number of hydrogen-bond donors (Lipinski definition) is 2. The van der Waals surface area contributed by atoms with E-state index in [1.807, 2.05) is 55.1 Å². The highest BCUT2D eigenvalue weighted by molar-refractivity contribution is 7.89. The highest BCUT2D eigenvalue weighted by Gasteiger charge is 2.15. The molecule has 0 unspecified atom stereocenters. The van der Waals surface area contributed by atoms with E-state index >= 15 is 0 Å². The molecule has 1 heterocycles. The van der Waals surface area contributed by atoms with Crippen molar-refractivity contribution in [2.24, 2.45) is 0 Å². The maximum atomic E-state index is 12.4. The molecule has 8 heteroatoms. The van der Waals surface area contributed by atoms with Crippen molar-refractivity contribution in [3.05, 3.63) is 83.2 Å². The Morgan fingerprint density at radius 3 is 2.50 bits per heavy atom. The Labute approximate surface area is 177 Å². The smallest absolute Gasteiger partial charge is 0.240 e. The van der Waals surface area contributed by atoms with Crippen LogP contribution in [0.25, 0.3) is 0 Å². The summed E-state index contributed by atoms with van der Waals surface area (Å²) in [7, 11) is -3.64. The van der Waals surface area contributed by atoms with E-state index < -0.39 is 10.0 Å². The summed E-state index contributed by atoms with van der Waals surface area (Å²) in [5, 5.41) is 7.07.